The Labute approximate surface area is 372 Å². The first-order valence-corrected chi connectivity index (χ1v) is 36.5. The summed E-state index contributed by atoms with van der Waals surface area (Å²) in [6.45, 7) is 0. The van der Waals surface area contributed by atoms with E-state index in [1.54, 1.807) is 0 Å². The van der Waals surface area contributed by atoms with Crippen LogP contribution in [0.2, 0.25) is 34.5 Å². The van der Waals surface area contributed by atoms with Gasteiger partial charge in [0.05, 0.1) is 0 Å². The molecule has 4 heteroatoms. The topological polar surface area (TPSA) is 6.48 Å². The van der Waals surface area contributed by atoms with Crippen molar-refractivity contribution < 1.29 is 0 Å². The molecule has 0 aliphatic heterocycles. The molecule has 0 atom stereocenters. The van der Waals surface area contributed by atoms with Crippen LogP contribution in [0.5, 0.6) is 0 Å². The summed E-state index contributed by atoms with van der Waals surface area (Å²) in [7, 11) is 0. The first-order chi connectivity index (χ1) is 30.0. The molecule has 0 unspecified atom stereocenters. The van der Waals surface area contributed by atoms with Gasteiger partial charge in [0.2, 0.25) is 0 Å². The van der Waals surface area contributed by atoms with E-state index in [9.17, 15) is 0 Å². The minimum absolute atomic E-state index is 1.14. The van der Waals surface area contributed by atoms with Crippen LogP contribution in [-0.4, -0.2) is 26.5 Å². The van der Waals surface area contributed by atoms with Crippen molar-refractivity contribution in [3.05, 3.63) is 206 Å². The molecule has 10 aromatic carbocycles. The summed E-state index contributed by atoms with van der Waals surface area (Å²) >= 11 is -4.08. The number of benzene rings is 10. The van der Waals surface area contributed by atoms with E-state index in [1.807, 2.05) is 0 Å². The molecule has 0 bridgehead atoms. The average molecular weight is 922 g/mol. The van der Waals surface area contributed by atoms with Gasteiger partial charge in [-0.1, -0.05) is 12.1 Å². The fourth-order valence-corrected chi connectivity index (χ4v) is 14.0. The van der Waals surface area contributed by atoms with Crippen LogP contribution in [0.4, 0.5) is 34.1 Å². The number of hydrogen-bond donors (Lipinski definition) is 0. The number of hydrogen-bond acceptors (Lipinski definition) is 2. The molecule has 0 N–H and O–H groups in total. The molecule has 0 saturated heterocycles. The Balaban J connectivity index is 1.16. The first kappa shape index (κ1) is 40.0. The quantitative estimate of drug-likeness (QED) is 0.0996. The van der Waals surface area contributed by atoms with E-state index in [4.69, 9.17) is 0 Å². The van der Waals surface area contributed by atoms with Crippen molar-refractivity contribution in [2.24, 2.45) is 0 Å². The second-order valence-electron chi connectivity index (χ2n) is 18.7. The molecule has 0 aromatic heterocycles. The average Bonchev–Trinajstić information content (AvgIpc) is 3.30. The van der Waals surface area contributed by atoms with E-state index in [2.05, 4.69) is 251 Å². The van der Waals surface area contributed by atoms with E-state index in [0.717, 1.165) is 22.7 Å². The molecule has 2 nitrogen and oxygen atoms in total. The SMILES string of the molecule is [CH3][Ge]([CH3])([CH3])[c]1ccc(N(c2ccc(-c3ccccc3)cc2)c2ccc3ccc4c(N(c5ccc(-c6ccccc6)cc5)c5cc[c]([Ge]([CH3])([CH3])[CH3])cc5)ccc5ccc2c3c54)cc1. The maximum absolute atomic E-state index is 2.47. The van der Waals surface area contributed by atoms with Gasteiger partial charge in [-0.05, 0) is 0 Å². The van der Waals surface area contributed by atoms with Gasteiger partial charge in [-0.25, -0.2) is 0 Å². The third-order valence-electron chi connectivity index (χ3n) is 12.5. The zero-order valence-electron chi connectivity index (χ0n) is 36.5. The third-order valence-corrected chi connectivity index (χ3v) is 21.2. The Hall–Kier alpha value is -6.07. The maximum atomic E-state index is 2.47. The molecule has 10 aromatic rings. The van der Waals surface area contributed by atoms with Crippen LogP contribution in [0.1, 0.15) is 0 Å². The van der Waals surface area contributed by atoms with E-state index in [0.29, 0.717) is 0 Å². The second-order valence-corrected chi connectivity index (χ2v) is 40.0. The van der Waals surface area contributed by atoms with Crippen molar-refractivity contribution in [2.45, 2.75) is 34.5 Å². The van der Waals surface area contributed by atoms with Crippen LogP contribution in [-0.2, 0) is 0 Å². The van der Waals surface area contributed by atoms with Crippen LogP contribution in [0.25, 0.3) is 54.6 Å². The number of anilines is 6. The van der Waals surface area contributed by atoms with Crippen molar-refractivity contribution in [1.29, 1.82) is 0 Å². The Kier molecular flexibility index (Phi) is 10.3. The van der Waals surface area contributed by atoms with E-state index in [-0.39, 0.29) is 0 Å². The monoisotopic (exact) mass is 924 g/mol. The molecule has 0 amide bonds. The van der Waals surface area contributed by atoms with Crippen molar-refractivity contribution >= 4 is 102 Å². The van der Waals surface area contributed by atoms with Gasteiger partial charge in [-0.15, -0.1) is 0 Å². The first-order valence-electron chi connectivity index (χ1n) is 21.8. The molecule has 0 heterocycles. The zero-order chi connectivity index (χ0) is 42.6. The van der Waals surface area contributed by atoms with Gasteiger partial charge >= 0.3 is 362 Å². The normalized spacial score (nSPS) is 12.0. The van der Waals surface area contributed by atoms with Crippen LogP contribution >= 0.6 is 0 Å². The van der Waals surface area contributed by atoms with Crippen molar-refractivity contribution in [3.63, 3.8) is 0 Å². The molecule has 302 valence electrons. The minimum atomic E-state index is -2.04. The van der Waals surface area contributed by atoms with Crippen LogP contribution in [0.3, 0.4) is 0 Å². The molecular weight excluding hydrogens is 870 g/mol. The Morgan fingerprint density at radius 3 is 0.887 bits per heavy atom. The van der Waals surface area contributed by atoms with E-state index < -0.39 is 26.5 Å². The summed E-state index contributed by atoms with van der Waals surface area (Å²) < 4.78 is 3.01. The van der Waals surface area contributed by atoms with Gasteiger partial charge in [0.15, 0.2) is 0 Å². The van der Waals surface area contributed by atoms with Crippen LogP contribution < -0.4 is 18.6 Å². The van der Waals surface area contributed by atoms with Gasteiger partial charge in [0.25, 0.3) is 0 Å². The molecule has 62 heavy (non-hydrogen) atoms. The predicted molar refractivity (Wildman–Crippen MR) is 276 cm³/mol. The molecular formula is C58H52Ge2N2. The van der Waals surface area contributed by atoms with Crippen molar-refractivity contribution in [2.75, 3.05) is 9.80 Å². The summed E-state index contributed by atoms with van der Waals surface area (Å²) in [6.07, 6.45) is 0. The molecule has 0 spiro atoms. The molecule has 0 aliphatic carbocycles. The molecule has 0 fully saturated rings. The fraction of sp³-hybridized carbons (Fsp3) is 0.103. The summed E-state index contributed by atoms with van der Waals surface area (Å²) in [5.41, 5.74) is 11.8. The zero-order valence-corrected chi connectivity index (χ0v) is 40.7. The van der Waals surface area contributed by atoms with Crippen LogP contribution in [0, 0.1) is 0 Å². The van der Waals surface area contributed by atoms with Gasteiger partial charge in [-0.2, -0.15) is 0 Å². The van der Waals surface area contributed by atoms with Gasteiger partial charge < -0.3 is 0 Å². The Bertz CT molecular complexity index is 2930. The second kappa shape index (κ2) is 16.0. The van der Waals surface area contributed by atoms with Gasteiger partial charge in [0.1, 0.15) is 0 Å². The summed E-state index contributed by atoms with van der Waals surface area (Å²) in [5.74, 6) is 14.8. The summed E-state index contributed by atoms with van der Waals surface area (Å²) in [5, 5.41) is 7.55. The Morgan fingerprint density at radius 2 is 0.565 bits per heavy atom. The molecule has 0 radical (unpaired) electrons. The van der Waals surface area contributed by atoms with Gasteiger partial charge in [0, 0.05) is 0 Å². The third kappa shape index (κ3) is 7.50. The number of nitrogens with zero attached hydrogens (tertiary/aromatic N) is 2. The fourth-order valence-electron chi connectivity index (χ4n) is 9.10. The molecule has 0 saturated carbocycles. The summed E-state index contributed by atoms with van der Waals surface area (Å²) in [6, 6.07) is 77.0. The Morgan fingerprint density at radius 1 is 0.274 bits per heavy atom. The summed E-state index contributed by atoms with van der Waals surface area (Å²) in [4.78, 5) is 4.92. The van der Waals surface area contributed by atoms with Gasteiger partial charge in [-0.3, -0.25) is 0 Å². The standard InChI is InChI=1S/C58H52Ge2N2/c1-59(2,3)47-25-33-51(34-26-47)61(49-29-17-43(18-30-49)41-13-9-7-10-14-41)55-39-23-45-22-38-54-56(40-24-46-21-37-53(55)57(45)58(46)54)62(52-35-27-48(28-36-52)60(4,5)6)50-31-19-44(20-32-50)42-15-11-8-12-16-42/h7-40H,1-6H3. The van der Waals surface area contributed by atoms with Crippen molar-refractivity contribution in [3.8, 4) is 22.3 Å². The van der Waals surface area contributed by atoms with E-state index in [1.165, 1.54) is 74.7 Å². The van der Waals surface area contributed by atoms with Crippen molar-refractivity contribution in [1.82, 2.24) is 0 Å². The number of rotatable bonds is 10. The molecule has 0 aliphatic rings. The van der Waals surface area contributed by atoms with Crippen LogP contribution in [0.15, 0.2) is 206 Å². The van der Waals surface area contributed by atoms with E-state index >= 15 is 0 Å². The molecule has 10 rings (SSSR count). The predicted octanol–water partition coefficient (Wildman–Crippen LogP) is 15.9.